The van der Waals surface area contributed by atoms with Crippen molar-refractivity contribution in [2.24, 2.45) is 0 Å². The Hall–Kier alpha value is -1.87. The number of hydrogen-bond acceptors (Lipinski definition) is 2. The van der Waals surface area contributed by atoms with E-state index in [1.165, 1.54) is 22.4 Å². The fraction of sp³-hybridized carbons (Fsp3) is 0.368. The number of nitrogens with one attached hydrogen (secondary N) is 1. The van der Waals surface area contributed by atoms with Crippen LogP contribution in [0.25, 0.3) is 0 Å². The van der Waals surface area contributed by atoms with E-state index in [4.69, 9.17) is 0 Å². The van der Waals surface area contributed by atoms with Gasteiger partial charge >= 0.3 is 0 Å². The van der Waals surface area contributed by atoms with Gasteiger partial charge in [0.2, 0.25) is 0 Å². The monoisotopic (exact) mass is 298 g/mol. The van der Waals surface area contributed by atoms with E-state index in [-0.39, 0.29) is 5.82 Å². The smallest absolute Gasteiger partial charge is 0.123 e. The Bertz CT molecular complexity index is 661. The molecular weight excluding hydrogens is 275 g/mol. The number of likely N-dealkylation sites (N-methyl/N-ethyl adjacent to an activating group) is 1. The van der Waals surface area contributed by atoms with E-state index >= 15 is 0 Å². The normalized spacial score (nSPS) is 17.5. The van der Waals surface area contributed by atoms with Crippen LogP contribution >= 0.6 is 0 Å². The molecule has 2 aromatic carbocycles. The predicted octanol–water partition coefficient (Wildman–Crippen LogP) is 3.77. The van der Waals surface area contributed by atoms with Crippen molar-refractivity contribution < 1.29 is 4.39 Å². The van der Waals surface area contributed by atoms with Crippen LogP contribution in [0.1, 0.15) is 28.2 Å². The second-order valence-corrected chi connectivity index (χ2v) is 6.32. The Morgan fingerprint density at radius 1 is 1.14 bits per heavy atom. The second-order valence-electron chi connectivity index (χ2n) is 6.32. The molecule has 1 heterocycles. The number of rotatable bonds is 3. The third kappa shape index (κ3) is 3.00. The molecule has 3 heteroatoms. The second kappa shape index (κ2) is 6.09. The maximum absolute atomic E-state index is 13.6. The average Bonchev–Trinajstić information content (AvgIpc) is 2.47. The molecular formula is C19H23FN2. The van der Waals surface area contributed by atoms with Crippen LogP contribution in [-0.2, 0) is 6.54 Å². The molecule has 0 bridgehead atoms. The molecule has 0 aliphatic carbocycles. The zero-order valence-corrected chi connectivity index (χ0v) is 13.5. The summed E-state index contributed by atoms with van der Waals surface area (Å²) >= 11 is 0. The van der Waals surface area contributed by atoms with E-state index in [0.29, 0.717) is 5.92 Å². The van der Waals surface area contributed by atoms with Crippen molar-refractivity contribution in [3.8, 4) is 0 Å². The summed E-state index contributed by atoms with van der Waals surface area (Å²) in [4.78, 5) is 2.41. The summed E-state index contributed by atoms with van der Waals surface area (Å²) in [5.41, 5.74) is 6.20. The molecule has 0 radical (unpaired) electrons. The van der Waals surface area contributed by atoms with Crippen LogP contribution in [0, 0.1) is 19.7 Å². The maximum atomic E-state index is 13.6. The number of benzene rings is 2. The van der Waals surface area contributed by atoms with E-state index in [1.807, 2.05) is 13.1 Å². The van der Waals surface area contributed by atoms with Crippen LogP contribution in [0.5, 0.6) is 0 Å². The van der Waals surface area contributed by atoms with E-state index in [2.05, 4.69) is 42.3 Å². The molecule has 0 saturated heterocycles. The van der Waals surface area contributed by atoms with Gasteiger partial charge in [-0.2, -0.15) is 0 Å². The molecule has 3 rings (SSSR count). The minimum atomic E-state index is -0.139. The van der Waals surface area contributed by atoms with E-state index in [9.17, 15) is 4.39 Å². The highest BCUT2D eigenvalue weighted by molar-refractivity contribution is 5.54. The quantitative estimate of drug-likeness (QED) is 0.928. The lowest BCUT2D eigenvalue weighted by atomic mass is 9.89. The van der Waals surface area contributed by atoms with Crippen LogP contribution in [0.4, 0.5) is 10.1 Å². The first-order valence-corrected chi connectivity index (χ1v) is 7.83. The fourth-order valence-corrected chi connectivity index (χ4v) is 3.48. The summed E-state index contributed by atoms with van der Waals surface area (Å²) in [5.74, 6) is 0.171. The molecule has 0 amide bonds. The Balaban J connectivity index is 1.97. The van der Waals surface area contributed by atoms with Crippen molar-refractivity contribution in [1.29, 1.82) is 0 Å². The fourth-order valence-electron chi connectivity index (χ4n) is 3.48. The number of nitrogens with zero attached hydrogens (tertiary/aromatic N) is 1. The molecule has 2 aromatic rings. The summed E-state index contributed by atoms with van der Waals surface area (Å²) in [6.07, 6.45) is 0. The van der Waals surface area contributed by atoms with Gasteiger partial charge in [0.15, 0.2) is 0 Å². The highest BCUT2D eigenvalue weighted by atomic mass is 19.1. The summed E-state index contributed by atoms with van der Waals surface area (Å²) in [6.45, 7) is 6.89. The first kappa shape index (κ1) is 15.0. The van der Waals surface area contributed by atoms with Crippen molar-refractivity contribution in [2.45, 2.75) is 26.3 Å². The number of halogens is 1. The largest absolute Gasteiger partial charge is 0.367 e. The lowest BCUT2D eigenvalue weighted by molar-refractivity contribution is 0.557. The molecule has 2 nitrogen and oxygen atoms in total. The van der Waals surface area contributed by atoms with Gasteiger partial charge in [0, 0.05) is 31.2 Å². The van der Waals surface area contributed by atoms with E-state index < -0.39 is 0 Å². The van der Waals surface area contributed by atoms with Gasteiger partial charge in [-0.25, -0.2) is 4.39 Å². The van der Waals surface area contributed by atoms with Gasteiger partial charge in [-0.3, -0.25) is 0 Å². The summed E-state index contributed by atoms with van der Waals surface area (Å²) in [5, 5.41) is 3.24. The first-order valence-electron chi connectivity index (χ1n) is 7.83. The minimum Gasteiger partial charge on any atom is -0.367 e. The number of hydrogen-bond donors (Lipinski definition) is 1. The van der Waals surface area contributed by atoms with Crippen molar-refractivity contribution in [3.05, 3.63) is 64.5 Å². The molecule has 0 fully saturated rings. The molecule has 0 aromatic heterocycles. The Morgan fingerprint density at radius 2 is 1.86 bits per heavy atom. The van der Waals surface area contributed by atoms with Crippen molar-refractivity contribution in [1.82, 2.24) is 5.32 Å². The van der Waals surface area contributed by atoms with Crippen LogP contribution in [0.15, 0.2) is 36.4 Å². The zero-order valence-electron chi connectivity index (χ0n) is 13.5. The standard InChI is InChI=1S/C19H23FN2/c1-13-6-14(2)8-18(7-13)22-11-15-4-5-17(20)9-19(15)16(12-22)10-21-3/h4-9,16,21H,10-12H2,1-3H3. The molecule has 1 unspecified atom stereocenters. The Labute approximate surface area is 132 Å². The number of aryl methyl sites for hydroxylation is 2. The van der Waals surface area contributed by atoms with E-state index in [0.717, 1.165) is 25.2 Å². The minimum absolute atomic E-state index is 0.139. The SMILES string of the molecule is CNCC1CN(c2cc(C)cc(C)c2)Cc2ccc(F)cc21. The third-order valence-corrected chi connectivity index (χ3v) is 4.37. The Morgan fingerprint density at radius 3 is 2.55 bits per heavy atom. The van der Waals surface area contributed by atoms with Crippen LogP contribution < -0.4 is 10.2 Å². The van der Waals surface area contributed by atoms with Gasteiger partial charge in [0.05, 0.1) is 0 Å². The molecule has 0 spiro atoms. The predicted molar refractivity (Wildman–Crippen MR) is 90.0 cm³/mol. The van der Waals surface area contributed by atoms with Crippen molar-refractivity contribution >= 4 is 5.69 Å². The molecule has 1 atom stereocenters. The van der Waals surface area contributed by atoms with Gasteiger partial charge in [-0.05, 0) is 67.4 Å². The molecule has 116 valence electrons. The first-order chi connectivity index (χ1) is 10.6. The molecule has 22 heavy (non-hydrogen) atoms. The van der Waals surface area contributed by atoms with Crippen LogP contribution in [0.3, 0.4) is 0 Å². The zero-order chi connectivity index (χ0) is 15.7. The summed E-state index contributed by atoms with van der Waals surface area (Å²) < 4.78 is 13.6. The van der Waals surface area contributed by atoms with Gasteiger partial charge in [-0.15, -0.1) is 0 Å². The maximum Gasteiger partial charge on any atom is 0.123 e. The average molecular weight is 298 g/mol. The lowest BCUT2D eigenvalue weighted by Gasteiger charge is -2.36. The molecule has 1 aliphatic heterocycles. The summed E-state index contributed by atoms with van der Waals surface area (Å²) in [7, 11) is 1.95. The lowest BCUT2D eigenvalue weighted by Crippen LogP contribution is -2.37. The topological polar surface area (TPSA) is 15.3 Å². The Kier molecular flexibility index (Phi) is 4.16. The van der Waals surface area contributed by atoms with E-state index in [1.54, 1.807) is 12.1 Å². The van der Waals surface area contributed by atoms with Crippen LogP contribution in [0.2, 0.25) is 0 Å². The van der Waals surface area contributed by atoms with Gasteiger partial charge in [0.1, 0.15) is 5.82 Å². The highest BCUT2D eigenvalue weighted by Gasteiger charge is 2.25. The molecule has 1 N–H and O–H groups in total. The van der Waals surface area contributed by atoms with Gasteiger partial charge < -0.3 is 10.2 Å². The highest BCUT2D eigenvalue weighted by Crippen LogP contribution is 2.32. The van der Waals surface area contributed by atoms with Crippen LogP contribution in [-0.4, -0.2) is 20.1 Å². The van der Waals surface area contributed by atoms with Gasteiger partial charge in [-0.1, -0.05) is 12.1 Å². The van der Waals surface area contributed by atoms with Gasteiger partial charge in [0.25, 0.3) is 0 Å². The number of anilines is 1. The third-order valence-electron chi connectivity index (χ3n) is 4.37. The number of fused-ring (bicyclic) bond motifs is 1. The molecule has 1 aliphatic rings. The molecule has 0 saturated carbocycles. The van der Waals surface area contributed by atoms with Crippen molar-refractivity contribution in [3.63, 3.8) is 0 Å². The van der Waals surface area contributed by atoms with Crippen molar-refractivity contribution in [2.75, 3.05) is 25.0 Å². The summed E-state index contributed by atoms with van der Waals surface area (Å²) in [6, 6.07) is 11.9.